The molecule has 11 heteroatoms. The predicted octanol–water partition coefficient (Wildman–Crippen LogP) is 1.60. The molecule has 2 N–H and O–H groups in total. The van der Waals surface area contributed by atoms with Crippen molar-refractivity contribution in [3.8, 4) is 0 Å². The highest BCUT2D eigenvalue weighted by atomic mass is 32.2. The van der Waals surface area contributed by atoms with Gasteiger partial charge in [0, 0.05) is 31.1 Å². The first kappa shape index (κ1) is 26.0. The maximum atomic E-state index is 13.7. The van der Waals surface area contributed by atoms with Gasteiger partial charge in [-0.25, -0.2) is 17.6 Å². The zero-order chi connectivity index (χ0) is 25.2. The third-order valence-electron chi connectivity index (χ3n) is 7.71. The quantitative estimate of drug-likeness (QED) is 0.598. The van der Waals surface area contributed by atoms with Gasteiger partial charge in [0.15, 0.2) is 0 Å². The highest BCUT2D eigenvalue weighted by molar-refractivity contribution is 7.89. The number of carbonyl (C=O) groups excluding carboxylic acids is 1. The molecular formula is C24H35FN4O5S. The second-order valence-corrected chi connectivity index (χ2v) is 11.9. The van der Waals surface area contributed by atoms with Crippen molar-refractivity contribution in [2.45, 2.75) is 55.5 Å². The van der Waals surface area contributed by atoms with Crippen molar-refractivity contribution < 1.29 is 27.5 Å². The van der Waals surface area contributed by atoms with Crippen molar-refractivity contribution in [3.63, 3.8) is 0 Å². The van der Waals surface area contributed by atoms with E-state index in [4.69, 9.17) is 5.11 Å². The Morgan fingerprint density at radius 2 is 1.60 bits per heavy atom. The summed E-state index contributed by atoms with van der Waals surface area (Å²) in [5.74, 6) is -2.26. The molecule has 0 saturated carbocycles. The first-order valence-corrected chi connectivity index (χ1v) is 13.8. The summed E-state index contributed by atoms with van der Waals surface area (Å²) in [4.78, 5) is 28.4. The Hall–Kier alpha value is -2.08. The SMILES string of the molecule is CN1CCC(NC(=O)C2CCN(C3CCN(S(=O)(=O)c4ccc(F)c(C(=O)O)c4)CC3)CC2)CC1. The van der Waals surface area contributed by atoms with Crippen LogP contribution >= 0.6 is 0 Å². The number of likely N-dealkylation sites (tertiary alicyclic amines) is 2. The van der Waals surface area contributed by atoms with Crippen LogP contribution in [0.25, 0.3) is 0 Å². The zero-order valence-corrected chi connectivity index (χ0v) is 21.0. The number of aromatic carboxylic acids is 1. The summed E-state index contributed by atoms with van der Waals surface area (Å²) in [6.45, 7) is 4.32. The average Bonchev–Trinajstić information content (AvgIpc) is 2.85. The van der Waals surface area contributed by atoms with Crippen LogP contribution in [0, 0.1) is 11.7 Å². The number of carboxylic acid groups (broad SMARTS) is 1. The summed E-state index contributed by atoms with van der Waals surface area (Å²) in [6.07, 6.45) is 4.95. The van der Waals surface area contributed by atoms with Crippen LogP contribution in [-0.2, 0) is 14.8 Å². The summed E-state index contributed by atoms with van der Waals surface area (Å²) in [6, 6.07) is 3.42. The van der Waals surface area contributed by atoms with Crippen LogP contribution in [0.5, 0.6) is 0 Å². The fourth-order valence-electron chi connectivity index (χ4n) is 5.42. The molecular weight excluding hydrogens is 475 g/mol. The lowest BCUT2D eigenvalue weighted by atomic mass is 9.92. The fourth-order valence-corrected chi connectivity index (χ4v) is 6.92. The summed E-state index contributed by atoms with van der Waals surface area (Å²) in [5, 5.41) is 12.3. The Labute approximate surface area is 206 Å². The molecule has 3 heterocycles. The predicted molar refractivity (Wildman–Crippen MR) is 128 cm³/mol. The van der Waals surface area contributed by atoms with Gasteiger partial charge in [-0.3, -0.25) is 4.79 Å². The lowest BCUT2D eigenvalue weighted by Gasteiger charge is -2.41. The summed E-state index contributed by atoms with van der Waals surface area (Å²) >= 11 is 0. The lowest BCUT2D eigenvalue weighted by molar-refractivity contribution is -0.127. The molecule has 3 aliphatic rings. The number of amides is 1. The highest BCUT2D eigenvalue weighted by Crippen LogP contribution is 2.28. The van der Waals surface area contributed by atoms with E-state index in [1.165, 1.54) is 4.31 Å². The smallest absolute Gasteiger partial charge is 0.338 e. The molecule has 0 aliphatic carbocycles. The van der Waals surface area contributed by atoms with E-state index in [1.54, 1.807) is 0 Å². The number of carbonyl (C=O) groups is 2. The number of carboxylic acids is 1. The second kappa shape index (κ2) is 10.9. The van der Waals surface area contributed by atoms with Gasteiger partial charge in [-0.2, -0.15) is 4.31 Å². The Kier molecular flexibility index (Phi) is 8.09. The van der Waals surface area contributed by atoms with E-state index < -0.39 is 27.4 Å². The summed E-state index contributed by atoms with van der Waals surface area (Å²) in [7, 11) is -1.79. The van der Waals surface area contributed by atoms with E-state index in [0.29, 0.717) is 25.9 Å². The number of hydrogen-bond donors (Lipinski definition) is 2. The summed E-state index contributed by atoms with van der Waals surface area (Å²) < 4.78 is 41.1. The van der Waals surface area contributed by atoms with Crippen LogP contribution in [0.2, 0.25) is 0 Å². The number of halogens is 1. The maximum Gasteiger partial charge on any atom is 0.338 e. The van der Waals surface area contributed by atoms with E-state index in [0.717, 1.165) is 70.1 Å². The number of rotatable bonds is 6. The normalized spacial score (nSPS) is 22.8. The van der Waals surface area contributed by atoms with E-state index in [9.17, 15) is 22.4 Å². The van der Waals surface area contributed by atoms with E-state index in [-0.39, 0.29) is 28.8 Å². The van der Waals surface area contributed by atoms with Gasteiger partial charge in [-0.1, -0.05) is 0 Å². The van der Waals surface area contributed by atoms with Crippen LogP contribution in [0.4, 0.5) is 4.39 Å². The molecule has 1 aromatic rings. The van der Waals surface area contributed by atoms with Crippen molar-refractivity contribution in [1.82, 2.24) is 19.4 Å². The number of hydrogen-bond acceptors (Lipinski definition) is 6. The lowest BCUT2D eigenvalue weighted by Crippen LogP contribution is -2.51. The molecule has 1 amide bonds. The molecule has 0 bridgehead atoms. The Morgan fingerprint density at radius 1 is 0.971 bits per heavy atom. The number of piperidine rings is 3. The van der Waals surface area contributed by atoms with Crippen molar-refractivity contribution in [2.24, 2.45) is 5.92 Å². The molecule has 0 spiro atoms. The molecule has 0 atom stereocenters. The van der Waals surface area contributed by atoms with Gasteiger partial charge >= 0.3 is 5.97 Å². The molecule has 4 rings (SSSR count). The molecule has 0 aromatic heterocycles. The van der Waals surface area contributed by atoms with Crippen molar-refractivity contribution in [1.29, 1.82) is 0 Å². The van der Waals surface area contributed by atoms with Crippen LogP contribution in [-0.4, -0.2) is 97.9 Å². The molecule has 0 radical (unpaired) electrons. The summed E-state index contributed by atoms with van der Waals surface area (Å²) in [5.41, 5.74) is -0.649. The van der Waals surface area contributed by atoms with Crippen LogP contribution in [0.1, 0.15) is 48.9 Å². The van der Waals surface area contributed by atoms with Gasteiger partial charge in [0.25, 0.3) is 0 Å². The third kappa shape index (κ3) is 6.02. The molecule has 3 saturated heterocycles. The number of nitrogens with zero attached hydrogens (tertiary/aromatic N) is 3. The van der Waals surface area contributed by atoms with Gasteiger partial charge < -0.3 is 20.2 Å². The standard InChI is InChI=1S/C24H35FN4O5S/c1-27-10-6-18(7-11-27)26-23(30)17-4-12-28(13-5-17)19-8-14-29(15-9-19)35(33,34)20-2-3-22(25)21(16-20)24(31)32/h2-3,16-19H,4-15H2,1H3,(H,26,30)(H,31,32). The van der Waals surface area contributed by atoms with Crippen molar-refractivity contribution in [2.75, 3.05) is 46.3 Å². The highest BCUT2D eigenvalue weighted by Gasteiger charge is 2.35. The zero-order valence-electron chi connectivity index (χ0n) is 20.2. The number of nitrogens with one attached hydrogen (secondary N) is 1. The van der Waals surface area contributed by atoms with Crippen LogP contribution < -0.4 is 5.32 Å². The fraction of sp³-hybridized carbons (Fsp3) is 0.667. The molecule has 3 aliphatic heterocycles. The Balaban J connectivity index is 1.26. The average molecular weight is 511 g/mol. The van der Waals surface area contributed by atoms with Gasteiger partial charge in [0.05, 0.1) is 10.5 Å². The minimum atomic E-state index is -3.90. The van der Waals surface area contributed by atoms with Crippen LogP contribution in [0.3, 0.4) is 0 Å². The first-order valence-electron chi connectivity index (χ1n) is 12.4. The van der Waals surface area contributed by atoms with E-state index in [1.807, 2.05) is 0 Å². The third-order valence-corrected chi connectivity index (χ3v) is 9.61. The minimum Gasteiger partial charge on any atom is -0.478 e. The number of sulfonamides is 1. The Bertz CT molecular complexity index is 1030. The van der Waals surface area contributed by atoms with E-state index in [2.05, 4.69) is 22.2 Å². The van der Waals surface area contributed by atoms with Gasteiger partial charge in [-0.05, 0) is 90.0 Å². The van der Waals surface area contributed by atoms with Crippen molar-refractivity contribution >= 4 is 21.9 Å². The topological polar surface area (TPSA) is 110 Å². The van der Waals surface area contributed by atoms with E-state index >= 15 is 0 Å². The number of benzene rings is 1. The van der Waals surface area contributed by atoms with Gasteiger partial charge in [-0.15, -0.1) is 0 Å². The Morgan fingerprint density at radius 3 is 2.20 bits per heavy atom. The largest absolute Gasteiger partial charge is 0.478 e. The van der Waals surface area contributed by atoms with Gasteiger partial charge in [0.2, 0.25) is 15.9 Å². The first-order chi connectivity index (χ1) is 16.6. The van der Waals surface area contributed by atoms with Gasteiger partial charge in [0.1, 0.15) is 5.82 Å². The van der Waals surface area contributed by atoms with Crippen LogP contribution in [0.15, 0.2) is 23.1 Å². The molecule has 9 nitrogen and oxygen atoms in total. The minimum absolute atomic E-state index is 0.0354. The second-order valence-electron chi connectivity index (χ2n) is 9.98. The van der Waals surface area contributed by atoms with Crippen molar-refractivity contribution in [3.05, 3.63) is 29.6 Å². The maximum absolute atomic E-state index is 13.7. The molecule has 35 heavy (non-hydrogen) atoms. The molecule has 0 unspecified atom stereocenters. The monoisotopic (exact) mass is 510 g/mol. The molecule has 1 aromatic carbocycles. The molecule has 3 fully saturated rings. The molecule has 194 valence electrons.